The Morgan fingerprint density at radius 2 is 2.09 bits per heavy atom. The van der Waals surface area contributed by atoms with E-state index in [1.807, 2.05) is 12.1 Å². The molecule has 0 heterocycles. The van der Waals surface area contributed by atoms with Gasteiger partial charge in [0, 0.05) is 34.4 Å². The molecule has 0 spiro atoms. The average molecular weight is 442 g/mol. The SMILES string of the molecule is C=CCOc1c(Br)cc(Br)cc1CNc1cccc([N+](=O)[O-])c1. The summed E-state index contributed by atoms with van der Waals surface area (Å²) in [6, 6.07) is 10.2. The Morgan fingerprint density at radius 3 is 2.78 bits per heavy atom. The maximum atomic E-state index is 10.8. The van der Waals surface area contributed by atoms with Crippen molar-refractivity contribution in [3.8, 4) is 5.75 Å². The first-order valence-electron chi connectivity index (χ1n) is 6.71. The van der Waals surface area contributed by atoms with Crippen molar-refractivity contribution in [1.29, 1.82) is 0 Å². The van der Waals surface area contributed by atoms with E-state index in [1.165, 1.54) is 12.1 Å². The maximum Gasteiger partial charge on any atom is 0.271 e. The number of hydrogen-bond donors (Lipinski definition) is 1. The summed E-state index contributed by atoms with van der Waals surface area (Å²) in [4.78, 5) is 10.4. The minimum Gasteiger partial charge on any atom is -0.488 e. The third-order valence-electron chi connectivity index (χ3n) is 2.97. The van der Waals surface area contributed by atoms with Crippen molar-refractivity contribution in [2.45, 2.75) is 6.54 Å². The Labute approximate surface area is 150 Å². The molecule has 2 aromatic carbocycles. The van der Waals surface area contributed by atoms with Crippen molar-refractivity contribution in [3.63, 3.8) is 0 Å². The van der Waals surface area contributed by atoms with Gasteiger partial charge in [-0.1, -0.05) is 34.7 Å². The lowest BCUT2D eigenvalue weighted by molar-refractivity contribution is -0.384. The van der Waals surface area contributed by atoms with E-state index < -0.39 is 4.92 Å². The molecule has 0 fully saturated rings. The van der Waals surface area contributed by atoms with Gasteiger partial charge in [-0.05, 0) is 34.1 Å². The van der Waals surface area contributed by atoms with Crippen LogP contribution in [0.3, 0.4) is 0 Å². The van der Waals surface area contributed by atoms with Crippen molar-refractivity contribution in [1.82, 2.24) is 0 Å². The van der Waals surface area contributed by atoms with E-state index in [9.17, 15) is 10.1 Å². The van der Waals surface area contributed by atoms with Crippen LogP contribution >= 0.6 is 31.9 Å². The summed E-state index contributed by atoms with van der Waals surface area (Å²) < 4.78 is 7.42. The Bertz CT molecular complexity index is 735. The van der Waals surface area contributed by atoms with E-state index in [0.717, 1.165) is 14.5 Å². The summed E-state index contributed by atoms with van der Waals surface area (Å²) in [5.41, 5.74) is 1.64. The molecule has 0 radical (unpaired) electrons. The molecule has 1 N–H and O–H groups in total. The highest BCUT2D eigenvalue weighted by Crippen LogP contribution is 2.33. The summed E-state index contributed by atoms with van der Waals surface area (Å²) in [5.74, 6) is 0.714. The highest BCUT2D eigenvalue weighted by atomic mass is 79.9. The van der Waals surface area contributed by atoms with E-state index >= 15 is 0 Å². The first kappa shape index (κ1) is 17.5. The number of nitrogens with one attached hydrogen (secondary N) is 1. The number of nitro benzene ring substituents is 1. The van der Waals surface area contributed by atoms with Crippen LogP contribution in [0.25, 0.3) is 0 Å². The van der Waals surface area contributed by atoms with Crippen LogP contribution in [0.15, 0.2) is 58.0 Å². The molecular weight excluding hydrogens is 428 g/mol. The summed E-state index contributed by atoms with van der Waals surface area (Å²) >= 11 is 6.93. The lowest BCUT2D eigenvalue weighted by Gasteiger charge is -2.14. The van der Waals surface area contributed by atoms with Crippen LogP contribution in [-0.2, 0) is 6.54 Å². The van der Waals surface area contributed by atoms with Gasteiger partial charge in [-0.15, -0.1) is 0 Å². The summed E-state index contributed by atoms with van der Waals surface area (Å²) in [6.45, 7) is 4.50. The lowest BCUT2D eigenvalue weighted by Crippen LogP contribution is -2.04. The minimum absolute atomic E-state index is 0.0496. The van der Waals surface area contributed by atoms with Crippen LogP contribution in [0, 0.1) is 10.1 Å². The maximum absolute atomic E-state index is 10.8. The van der Waals surface area contributed by atoms with Crippen LogP contribution in [0.2, 0.25) is 0 Å². The molecule has 0 unspecified atom stereocenters. The molecule has 0 bridgehead atoms. The van der Waals surface area contributed by atoms with Gasteiger partial charge in [0.05, 0.1) is 9.40 Å². The Hall–Kier alpha value is -1.86. The molecule has 0 aliphatic rings. The molecule has 0 atom stereocenters. The van der Waals surface area contributed by atoms with Gasteiger partial charge in [0.15, 0.2) is 0 Å². The molecule has 0 aliphatic carbocycles. The second-order valence-corrected chi connectivity index (χ2v) is 6.41. The molecule has 0 aromatic heterocycles. The summed E-state index contributed by atoms with van der Waals surface area (Å²) in [7, 11) is 0. The third kappa shape index (κ3) is 4.80. The van der Waals surface area contributed by atoms with E-state index in [-0.39, 0.29) is 5.69 Å². The fourth-order valence-electron chi connectivity index (χ4n) is 1.98. The summed E-state index contributed by atoms with van der Waals surface area (Å²) in [5, 5.41) is 14.0. The summed E-state index contributed by atoms with van der Waals surface area (Å²) in [6.07, 6.45) is 1.67. The second kappa shape index (κ2) is 8.12. The van der Waals surface area contributed by atoms with Gasteiger partial charge < -0.3 is 10.1 Å². The van der Waals surface area contributed by atoms with Gasteiger partial charge in [-0.3, -0.25) is 10.1 Å². The van der Waals surface area contributed by atoms with E-state index in [4.69, 9.17) is 4.74 Å². The predicted octanol–water partition coefficient (Wildman–Crippen LogP) is 5.30. The van der Waals surface area contributed by atoms with Crippen LogP contribution in [0.4, 0.5) is 11.4 Å². The average Bonchev–Trinajstić information content (AvgIpc) is 2.52. The molecule has 2 rings (SSSR count). The van der Waals surface area contributed by atoms with E-state index in [2.05, 4.69) is 43.8 Å². The van der Waals surface area contributed by atoms with Gasteiger partial charge >= 0.3 is 0 Å². The number of benzene rings is 2. The molecule has 0 saturated heterocycles. The van der Waals surface area contributed by atoms with Crippen molar-refractivity contribution in [2.75, 3.05) is 11.9 Å². The molecule has 2 aromatic rings. The highest BCUT2D eigenvalue weighted by molar-refractivity contribution is 9.11. The molecule has 23 heavy (non-hydrogen) atoms. The fraction of sp³-hybridized carbons (Fsp3) is 0.125. The zero-order valence-electron chi connectivity index (χ0n) is 12.1. The molecule has 120 valence electrons. The predicted molar refractivity (Wildman–Crippen MR) is 98.0 cm³/mol. The van der Waals surface area contributed by atoms with Gasteiger partial charge in [-0.25, -0.2) is 0 Å². The Morgan fingerprint density at radius 1 is 1.30 bits per heavy atom. The number of non-ortho nitro benzene ring substituents is 1. The van der Waals surface area contributed by atoms with Crippen LogP contribution in [0.5, 0.6) is 5.75 Å². The van der Waals surface area contributed by atoms with Crippen molar-refractivity contribution >= 4 is 43.2 Å². The number of hydrogen-bond acceptors (Lipinski definition) is 4. The normalized spacial score (nSPS) is 10.2. The zero-order chi connectivity index (χ0) is 16.8. The van der Waals surface area contributed by atoms with Crippen LogP contribution < -0.4 is 10.1 Å². The molecule has 0 aliphatic heterocycles. The number of nitro groups is 1. The van der Waals surface area contributed by atoms with Crippen molar-refractivity contribution < 1.29 is 9.66 Å². The van der Waals surface area contributed by atoms with Crippen molar-refractivity contribution in [3.05, 3.63) is 73.7 Å². The van der Waals surface area contributed by atoms with Gasteiger partial charge in [0.2, 0.25) is 0 Å². The number of nitrogens with zero attached hydrogens (tertiary/aromatic N) is 1. The molecule has 0 amide bonds. The van der Waals surface area contributed by atoms with Crippen LogP contribution in [0.1, 0.15) is 5.56 Å². The van der Waals surface area contributed by atoms with Gasteiger partial charge in [-0.2, -0.15) is 0 Å². The highest BCUT2D eigenvalue weighted by Gasteiger charge is 2.11. The number of rotatable bonds is 7. The van der Waals surface area contributed by atoms with Gasteiger partial charge in [0.1, 0.15) is 12.4 Å². The van der Waals surface area contributed by atoms with E-state index in [0.29, 0.717) is 24.6 Å². The third-order valence-corrected chi connectivity index (χ3v) is 4.02. The smallest absolute Gasteiger partial charge is 0.271 e. The van der Waals surface area contributed by atoms with Gasteiger partial charge in [0.25, 0.3) is 5.69 Å². The van der Waals surface area contributed by atoms with Crippen molar-refractivity contribution in [2.24, 2.45) is 0 Å². The Balaban J connectivity index is 2.20. The van der Waals surface area contributed by atoms with Crippen LogP contribution in [-0.4, -0.2) is 11.5 Å². The van der Waals surface area contributed by atoms with E-state index in [1.54, 1.807) is 18.2 Å². The minimum atomic E-state index is -0.417. The quantitative estimate of drug-likeness (QED) is 0.360. The second-order valence-electron chi connectivity index (χ2n) is 4.64. The standard InChI is InChI=1S/C16H14Br2N2O3/c1-2-6-23-16-11(7-12(17)8-15(16)18)10-19-13-4-3-5-14(9-13)20(21)22/h2-5,7-9,19H,1,6,10H2. The number of halogens is 2. The number of anilines is 1. The Kier molecular flexibility index (Phi) is 6.18. The molecule has 0 saturated carbocycles. The molecular formula is C16H14Br2N2O3. The molecule has 5 nitrogen and oxygen atoms in total. The largest absolute Gasteiger partial charge is 0.488 e. The number of ether oxygens (including phenoxy) is 1. The lowest BCUT2D eigenvalue weighted by atomic mass is 10.2. The fourth-order valence-corrected chi connectivity index (χ4v) is 3.40. The monoisotopic (exact) mass is 440 g/mol. The molecule has 7 heteroatoms. The zero-order valence-corrected chi connectivity index (χ0v) is 15.3. The first-order valence-corrected chi connectivity index (χ1v) is 8.30. The first-order chi connectivity index (χ1) is 11.0. The topological polar surface area (TPSA) is 64.4 Å².